The minimum atomic E-state index is -0.490. The Labute approximate surface area is 147 Å². The normalized spacial score (nSPS) is 10.2. The SMILES string of the molecule is Nc1c(NNC(=O)c2ccc(F)cc2)ncnc1Nc1ccc(F)cc1. The summed E-state index contributed by atoms with van der Waals surface area (Å²) in [4.78, 5) is 20.0. The topological polar surface area (TPSA) is 105 Å². The molecular weight excluding hydrogens is 342 g/mol. The molecule has 26 heavy (non-hydrogen) atoms. The molecule has 9 heteroatoms. The average molecular weight is 356 g/mol. The van der Waals surface area contributed by atoms with E-state index in [0.29, 0.717) is 5.69 Å². The van der Waals surface area contributed by atoms with Gasteiger partial charge in [0.2, 0.25) is 0 Å². The van der Waals surface area contributed by atoms with Crippen LogP contribution in [0.2, 0.25) is 0 Å². The van der Waals surface area contributed by atoms with Gasteiger partial charge in [-0.1, -0.05) is 0 Å². The second-order valence-electron chi connectivity index (χ2n) is 5.20. The number of aromatic nitrogens is 2. The van der Waals surface area contributed by atoms with Crippen molar-refractivity contribution < 1.29 is 13.6 Å². The zero-order chi connectivity index (χ0) is 18.5. The molecule has 1 heterocycles. The Morgan fingerprint density at radius 2 is 1.46 bits per heavy atom. The van der Waals surface area contributed by atoms with Gasteiger partial charge in [0.05, 0.1) is 0 Å². The van der Waals surface area contributed by atoms with Gasteiger partial charge in [-0.3, -0.25) is 15.6 Å². The summed E-state index contributed by atoms with van der Waals surface area (Å²) in [6, 6.07) is 10.7. The van der Waals surface area contributed by atoms with E-state index in [2.05, 4.69) is 26.1 Å². The van der Waals surface area contributed by atoms with Crippen molar-refractivity contribution in [1.29, 1.82) is 0 Å². The molecule has 132 valence electrons. The van der Waals surface area contributed by atoms with Gasteiger partial charge in [0.15, 0.2) is 11.6 Å². The Balaban J connectivity index is 1.69. The lowest BCUT2D eigenvalue weighted by molar-refractivity contribution is 0.0962. The van der Waals surface area contributed by atoms with E-state index < -0.39 is 11.7 Å². The molecule has 0 aliphatic carbocycles. The summed E-state index contributed by atoms with van der Waals surface area (Å²) < 4.78 is 25.8. The van der Waals surface area contributed by atoms with Crippen molar-refractivity contribution in [3.63, 3.8) is 0 Å². The first-order valence-electron chi connectivity index (χ1n) is 7.48. The molecule has 0 aliphatic heterocycles. The van der Waals surface area contributed by atoms with Crippen molar-refractivity contribution in [3.05, 3.63) is 72.1 Å². The zero-order valence-electron chi connectivity index (χ0n) is 13.3. The Morgan fingerprint density at radius 3 is 2.12 bits per heavy atom. The van der Waals surface area contributed by atoms with Crippen LogP contribution in [0.1, 0.15) is 10.4 Å². The summed E-state index contributed by atoms with van der Waals surface area (Å²) in [6.07, 6.45) is 1.24. The lowest BCUT2D eigenvalue weighted by atomic mass is 10.2. The van der Waals surface area contributed by atoms with Gasteiger partial charge in [0, 0.05) is 11.3 Å². The highest BCUT2D eigenvalue weighted by Gasteiger charge is 2.10. The number of nitrogens with one attached hydrogen (secondary N) is 3. The molecule has 0 spiro atoms. The van der Waals surface area contributed by atoms with E-state index in [9.17, 15) is 13.6 Å². The van der Waals surface area contributed by atoms with E-state index in [-0.39, 0.29) is 28.7 Å². The second kappa shape index (κ2) is 7.43. The predicted molar refractivity (Wildman–Crippen MR) is 93.6 cm³/mol. The highest BCUT2D eigenvalue weighted by molar-refractivity contribution is 5.95. The molecule has 0 aliphatic rings. The molecule has 2 aromatic carbocycles. The smallest absolute Gasteiger partial charge is 0.269 e. The monoisotopic (exact) mass is 356 g/mol. The maximum absolute atomic E-state index is 13.0. The first-order chi connectivity index (χ1) is 12.5. The van der Waals surface area contributed by atoms with Crippen LogP contribution in [0.5, 0.6) is 0 Å². The summed E-state index contributed by atoms with van der Waals surface area (Å²) in [7, 11) is 0. The highest BCUT2D eigenvalue weighted by atomic mass is 19.1. The Kier molecular flexibility index (Phi) is 4.88. The maximum Gasteiger partial charge on any atom is 0.269 e. The molecule has 0 bridgehead atoms. The van der Waals surface area contributed by atoms with Crippen LogP contribution >= 0.6 is 0 Å². The molecular formula is C17H14F2N6O. The van der Waals surface area contributed by atoms with Crippen molar-refractivity contribution in [2.45, 2.75) is 0 Å². The number of nitrogens with two attached hydrogens (primary N) is 1. The maximum atomic E-state index is 13.0. The Morgan fingerprint density at radius 1 is 0.885 bits per heavy atom. The van der Waals surface area contributed by atoms with E-state index in [0.717, 1.165) is 0 Å². The van der Waals surface area contributed by atoms with Crippen LogP contribution in [-0.2, 0) is 0 Å². The molecule has 1 aromatic heterocycles. The van der Waals surface area contributed by atoms with Gasteiger partial charge in [-0.15, -0.1) is 0 Å². The zero-order valence-corrected chi connectivity index (χ0v) is 13.3. The van der Waals surface area contributed by atoms with Gasteiger partial charge in [-0.2, -0.15) is 0 Å². The van der Waals surface area contributed by atoms with Crippen molar-refractivity contribution >= 4 is 28.9 Å². The number of hydrogen-bond donors (Lipinski definition) is 4. The van der Waals surface area contributed by atoms with Crippen LogP contribution in [0.25, 0.3) is 0 Å². The summed E-state index contributed by atoms with van der Waals surface area (Å²) in [6.45, 7) is 0. The average Bonchev–Trinajstić information content (AvgIpc) is 2.64. The molecule has 0 saturated carbocycles. The lowest BCUT2D eigenvalue weighted by Crippen LogP contribution is -2.30. The van der Waals surface area contributed by atoms with Gasteiger partial charge < -0.3 is 11.1 Å². The number of nitrogen functional groups attached to an aromatic ring is 1. The lowest BCUT2D eigenvalue weighted by Gasteiger charge is -2.13. The largest absolute Gasteiger partial charge is 0.393 e. The van der Waals surface area contributed by atoms with Gasteiger partial charge in [-0.25, -0.2) is 18.7 Å². The molecule has 5 N–H and O–H groups in total. The third-order valence-electron chi connectivity index (χ3n) is 3.39. The van der Waals surface area contributed by atoms with Crippen molar-refractivity contribution in [1.82, 2.24) is 15.4 Å². The number of halogens is 2. The van der Waals surface area contributed by atoms with Crippen LogP contribution < -0.4 is 21.9 Å². The minimum absolute atomic E-state index is 0.149. The fraction of sp³-hybridized carbons (Fsp3) is 0. The first-order valence-corrected chi connectivity index (χ1v) is 7.48. The summed E-state index contributed by atoms with van der Waals surface area (Å²) >= 11 is 0. The second-order valence-corrected chi connectivity index (χ2v) is 5.20. The van der Waals surface area contributed by atoms with Crippen molar-refractivity contribution in [2.24, 2.45) is 0 Å². The number of benzene rings is 2. The molecule has 3 aromatic rings. The molecule has 0 fully saturated rings. The predicted octanol–water partition coefficient (Wildman–Crippen LogP) is 2.84. The Hall–Kier alpha value is -3.75. The number of carbonyl (C=O) groups excluding carboxylic acids is 1. The number of rotatable bonds is 5. The first kappa shape index (κ1) is 17.1. The van der Waals surface area contributed by atoms with Crippen LogP contribution in [0.4, 0.5) is 31.8 Å². The highest BCUT2D eigenvalue weighted by Crippen LogP contribution is 2.25. The summed E-state index contributed by atoms with van der Waals surface area (Å²) in [5.74, 6) is -0.843. The molecule has 3 rings (SSSR count). The molecule has 1 amide bonds. The van der Waals surface area contributed by atoms with Gasteiger partial charge in [0.1, 0.15) is 23.6 Å². The standard InChI is InChI=1S/C17H14F2N6O/c18-11-3-1-10(2-4-11)17(26)25-24-16-14(20)15(21-9-22-16)23-13-7-5-12(19)6-8-13/h1-9H,20H2,(H,25,26)(H2,21,22,23,24). The number of hydrazine groups is 1. The van der Waals surface area contributed by atoms with Crippen LogP contribution in [0.15, 0.2) is 54.9 Å². The molecule has 0 radical (unpaired) electrons. The van der Waals surface area contributed by atoms with E-state index in [1.807, 2.05) is 0 Å². The van der Waals surface area contributed by atoms with E-state index in [1.165, 1.54) is 54.9 Å². The van der Waals surface area contributed by atoms with Gasteiger partial charge in [0.25, 0.3) is 5.91 Å². The summed E-state index contributed by atoms with van der Waals surface area (Å²) in [5.41, 5.74) is 12.0. The van der Waals surface area contributed by atoms with Crippen LogP contribution in [-0.4, -0.2) is 15.9 Å². The fourth-order valence-corrected chi connectivity index (χ4v) is 2.05. The van der Waals surface area contributed by atoms with Gasteiger partial charge >= 0.3 is 0 Å². The number of nitrogens with zero attached hydrogens (tertiary/aromatic N) is 2. The van der Waals surface area contributed by atoms with Crippen LogP contribution in [0.3, 0.4) is 0 Å². The van der Waals surface area contributed by atoms with Crippen molar-refractivity contribution in [3.8, 4) is 0 Å². The van der Waals surface area contributed by atoms with E-state index in [4.69, 9.17) is 5.73 Å². The Bertz CT molecular complexity index is 916. The van der Waals surface area contributed by atoms with Crippen molar-refractivity contribution in [2.75, 3.05) is 16.5 Å². The molecule has 0 unspecified atom stereocenters. The number of carbonyl (C=O) groups is 1. The van der Waals surface area contributed by atoms with Crippen LogP contribution in [0, 0.1) is 11.6 Å². The number of amides is 1. The third-order valence-corrected chi connectivity index (χ3v) is 3.39. The molecule has 0 saturated heterocycles. The fourth-order valence-electron chi connectivity index (χ4n) is 2.05. The number of hydrogen-bond acceptors (Lipinski definition) is 6. The summed E-state index contributed by atoms with van der Waals surface area (Å²) in [5, 5.41) is 2.93. The van der Waals surface area contributed by atoms with E-state index >= 15 is 0 Å². The third kappa shape index (κ3) is 4.01. The quantitative estimate of drug-likeness (QED) is 0.524. The van der Waals surface area contributed by atoms with E-state index in [1.54, 1.807) is 0 Å². The van der Waals surface area contributed by atoms with Gasteiger partial charge in [-0.05, 0) is 48.5 Å². The minimum Gasteiger partial charge on any atom is -0.393 e. The molecule has 0 atom stereocenters. The number of anilines is 4. The molecule has 7 nitrogen and oxygen atoms in total.